The molecular weight excluding hydrogens is 1050 g/mol. The summed E-state index contributed by atoms with van der Waals surface area (Å²) in [7, 11) is 0. The summed E-state index contributed by atoms with van der Waals surface area (Å²) < 4.78 is 10.8. The molecule has 0 rings (SSSR count). The molecule has 0 bridgehead atoms. The van der Waals surface area contributed by atoms with Gasteiger partial charge in [0.05, 0.1) is 6.61 Å². The molecule has 0 aliphatic carbocycles. The number of ether oxygens (including phenoxy) is 2. The van der Waals surface area contributed by atoms with E-state index in [0.717, 1.165) is 77.0 Å². The molecule has 0 aromatic heterocycles. The second-order valence-electron chi connectivity index (χ2n) is 25.7. The molecule has 0 spiro atoms. The van der Waals surface area contributed by atoms with Gasteiger partial charge in [-0.2, -0.15) is 0 Å². The number of hydrogen-bond donors (Lipinski definition) is 1. The molecule has 5 nitrogen and oxygen atoms in total. The van der Waals surface area contributed by atoms with Crippen molar-refractivity contribution >= 4 is 11.9 Å². The van der Waals surface area contributed by atoms with Gasteiger partial charge >= 0.3 is 11.9 Å². The van der Waals surface area contributed by atoms with Crippen LogP contribution in [0.3, 0.4) is 0 Å². The Morgan fingerprint density at radius 3 is 0.767 bits per heavy atom. The third-order valence-electron chi connectivity index (χ3n) is 17.2. The first-order valence-corrected chi connectivity index (χ1v) is 38.1. The van der Waals surface area contributed by atoms with Crippen LogP contribution in [-0.4, -0.2) is 36.4 Å². The third kappa shape index (κ3) is 73.5. The Labute approximate surface area is 536 Å². The minimum Gasteiger partial charge on any atom is -0.462 e. The number of rotatable bonds is 71. The van der Waals surface area contributed by atoms with Crippen molar-refractivity contribution in [3.05, 3.63) is 85.1 Å². The molecule has 0 heterocycles. The van der Waals surface area contributed by atoms with Crippen LogP contribution in [0.4, 0.5) is 0 Å². The zero-order chi connectivity index (χ0) is 61.9. The van der Waals surface area contributed by atoms with E-state index in [2.05, 4.69) is 98.9 Å². The molecule has 0 aromatic carbocycles. The van der Waals surface area contributed by atoms with E-state index < -0.39 is 6.10 Å². The summed E-state index contributed by atoms with van der Waals surface area (Å²) in [6.07, 6.45) is 108. The van der Waals surface area contributed by atoms with Gasteiger partial charge in [0.25, 0.3) is 0 Å². The molecule has 0 aromatic rings. The first-order chi connectivity index (χ1) is 42.6. The normalized spacial score (nSPS) is 12.6. The van der Waals surface area contributed by atoms with Crippen molar-refractivity contribution in [1.82, 2.24) is 0 Å². The van der Waals surface area contributed by atoms with Gasteiger partial charge in [0.15, 0.2) is 6.10 Å². The second kappa shape index (κ2) is 76.3. The number of aliphatic hydroxyl groups is 1. The van der Waals surface area contributed by atoms with Crippen LogP contribution in [0, 0.1) is 0 Å². The lowest BCUT2D eigenvalue weighted by atomic mass is 10.0. The lowest BCUT2D eigenvalue weighted by Crippen LogP contribution is -2.28. The maximum Gasteiger partial charge on any atom is 0.306 e. The van der Waals surface area contributed by atoms with E-state index in [9.17, 15) is 14.7 Å². The topological polar surface area (TPSA) is 72.8 Å². The minimum absolute atomic E-state index is 0.0638. The van der Waals surface area contributed by atoms with Crippen LogP contribution < -0.4 is 0 Å². The monoisotopic (exact) mass is 1200 g/mol. The number of allylic oxidation sites excluding steroid dienone is 14. The standard InChI is InChI=1S/C81H146O5/c1-3-5-7-9-11-13-15-17-19-21-23-25-27-29-31-33-35-37-38-39-40-41-42-44-45-47-49-51-53-55-57-59-61-63-65-67-69-71-73-75-80(83)85-78-79(77-82)86-81(84)76-74-72-70-68-66-64-62-60-58-56-54-52-50-48-46-43-36-34-32-30-28-26-24-22-20-18-16-14-12-10-8-6-4-2/h6,8,12,14,18,20-21,23-24,26,30,32,36,43,79,82H,3-5,7,9-11,13,15-17,19,22,25,27-29,31,33-35,37-42,44-78H2,1-2H3/b8-6-,14-12-,20-18-,23-21-,26-24-,32-30-,43-36-. The van der Waals surface area contributed by atoms with Gasteiger partial charge in [0, 0.05) is 12.8 Å². The number of aliphatic hydroxyl groups excluding tert-OH is 1. The summed E-state index contributed by atoms with van der Waals surface area (Å²) in [4.78, 5) is 24.7. The fourth-order valence-electron chi connectivity index (χ4n) is 11.5. The highest BCUT2D eigenvalue weighted by molar-refractivity contribution is 5.70. The number of carbonyl (C=O) groups is 2. The Morgan fingerprint density at radius 1 is 0.279 bits per heavy atom. The molecule has 5 heteroatoms. The molecule has 1 atom stereocenters. The van der Waals surface area contributed by atoms with Gasteiger partial charge in [-0.25, -0.2) is 0 Å². The summed E-state index contributed by atoms with van der Waals surface area (Å²) >= 11 is 0. The largest absolute Gasteiger partial charge is 0.462 e. The summed E-state index contributed by atoms with van der Waals surface area (Å²) in [6, 6.07) is 0. The SMILES string of the molecule is CC/C=C\C/C=C\C/C=C\C/C=C\C/C=C\C/C=C\CCCCCCCCCCCCCCCCC(=O)OC(CO)COC(=O)CCCCCCCCCCCCCCCCCCCCCCCCCCCCC/C=C\CCCCCCCCCC. The first-order valence-electron chi connectivity index (χ1n) is 38.1. The lowest BCUT2D eigenvalue weighted by molar-refractivity contribution is -0.161. The zero-order valence-electron chi connectivity index (χ0n) is 57.6. The van der Waals surface area contributed by atoms with Crippen LogP contribution >= 0.6 is 0 Å². The van der Waals surface area contributed by atoms with Gasteiger partial charge in [0.2, 0.25) is 0 Å². The molecule has 0 saturated carbocycles. The van der Waals surface area contributed by atoms with Crippen molar-refractivity contribution < 1.29 is 24.2 Å². The maximum absolute atomic E-state index is 12.4. The zero-order valence-corrected chi connectivity index (χ0v) is 57.6. The summed E-state index contributed by atoms with van der Waals surface area (Å²) in [6.45, 7) is 4.07. The van der Waals surface area contributed by atoms with Crippen LogP contribution in [0.15, 0.2) is 85.1 Å². The molecule has 1 unspecified atom stereocenters. The quantitative estimate of drug-likeness (QED) is 0.0373. The Kier molecular flexibility index (Phi) is 73.7. The number of esters is 2. The first kappa shape index (κ1) is 83.1. The Morgan fingerprint density at radius 2 is 0.500 bits per heavy atom. The molecule has 86 heavy (non-hydrogen) atoms. The number of hydrogen-bond acceptors (Lipinski definition) is 5. The fourth-order valence-corrected chi connectivity index (χ4v) is 11.5. The third-order valence-corrected chi connectivity index (χ3v) is 17.2. The Bertz CT molecular complexity index is 1550. The van der Waals surface area contributed by atoms with E-state index in [1.54, 1.807) is 0 Å². The van der Waals surface area contributed by atoms with Gasteiger partial charge in [-0.3, -0.25) is 9.59 Å². The van der Waals surface area contributed by atoms with Crippen LogP contribution in [0.25, 0.3) is 0 Å². The van der Waals surface area contributed by atoms with Gasteiger partial charge in [-0.1, -0.05) is 381 Å². The Balaban J connectivity index is 3.40. The summed E-state index contributed by atoms with van der Waals surface area (Å²) in [5.41, 5.74) is 0. The molecule has 0 saturated heterocycles. The smallest absolute Gasteiger partial charge is 0.306 e. The predicted molar refractivity (Wildman–Crippen MR) is 380 cm³/mol. The van der Waals surface area contributed by atoms with Crippen LogP contribution in [0.2, 0.25) is 0 Å². The van der Waals surface area contributed by atoms with Crippen molar-refractivity contribution in [2.45, 2.75) is 405 Å². The molecule has 0 amide bonds. The molecule has 0 radical (unpaired) electrons. The minimum atomic E-state index is -0.776. The van der Waals surface area contributed by atoms with E-state index in [1.807, 2.05) is 0 Å². The van der Waals surface area contributed by atoms with Gasteiger partial charge in [-0.15, -0.1) is 0 Å². The van der Waals surface area contributed by atoms with Crippen LogP contribution in [0.5, 0.6) is 0 Å². The molecular formula is C81H146O5. The highest BCUT2D eigenvalue weighted by atomic mass is 16.6. The van der Waals surface area contributed by atoms with Crippen LogP contribution in [0.1, 0.15) is 399 Å². The highest BCUT2D eigenvalue weighted by Gasteiger charge is 2.16. The lowest BCUT2D eigenvalue weighted by Gasteiger charge is -2.15. The molecule has 1 N–H and O–H groups in total. The van der Waals surface area contributed by atoms with Gasteiger partial charge < -0.3 is 14.6 Å². The van der Waals surface area contributed by atoms with E-state index in [-0.39, 0.29) is 25.2 Å². The van der Waals surface area contributed by atoms with Crippen molar-refractivity contribution in [2.24, 2.45) is 0 Å². The van der Waals surface area contributed by atoms with Crippen molar-refractivity contribution in [2.75, 3.05) is 13.2 Å². The van der Waals surface area contributed by atoms with Crippen molar-refractivity contribution in [1.29, 1.82) is 0 Å². The molecule has 0 aliphatic rings. The summed E-state index contributed by atoms with van der Waals surface area (Å²) in [5, 5.41) is 9.72. The van der Waals surface area contributed by atoms with Gasteiger partial charge in [0.1, 0.15) is 6.61 Å². The second-order valence-corrected chi connectivity index (χ2v) is 25.7. The molecule has 0 aliphatic heterocycles. The van der Waals surface area contributed by atoms with Crippen molar-refractivity contribution in [3.63, 3.8) is 0 Å². The average molecular weight is 1200 g/mol. The van der Waals surface area contributed by atoms with Crippen molar-refractivity contribution in [3.8, 4) is 0 Å². The van der Waals surface area contributed by atoms with E-state index in [4.69, 9.17) is 9.47 Å². The predicted octanol–water partition coefficient (Wildman–Crippen LogP) is 26.8. The summed E-state index contributed by atoms with van der Waals surface area (Å²) in [5.74, 6) is -0.574. The molecule has 500 valence electrons. The molecule has 0 fully saturated rings. The van der Waals surface area contributed by atoms with Crippen LogP contribution in [-0.2, 0) is 19.1 Å². The fraction of sp³-hybridized carbons (Fsp3) is 0.802. The van der Waals surface area contributed by atoms with E-state index in [1.165, 1.54) is 295 Å². The van der Waals surface area contributed by atoms with E-state index in [0.29, 0.717) is 12.8 Å². The van der Waals surface area contributed by atoms with E-state index >= 15 is 0 Å². The maximum atomic E-state index is 12.4. The highest BCUT2D eigenvalue weighted by Crippen LogP contribution is 2.19. The number of carbonyl (C=O) groups excluding carboxylic acids is 2. The number of unbranched alkanes of at least 4 members (excludes halogenated alkanes) is 49. The van der Waals surface area contributed by atoms with Gasteiger partial charge in [-0.05, 0) is 89.9 Å². The average Bonchev–Trinajstić information content (AvgIpc) is 3.55. The Hall–Kier alpha value is -2.92.